The quantitative estimate of drug-likeness (QED) is 0.193. The van der Waals surface area contributed by atoms with E-state index in [0.717, 1.165) is 11.1 Å². The van der Waals surface area contributed by atoms with Gasteiger partial charge in [-0.1, -0.05) is 13.8 Å². The summed E-state index contributed by atoms with van der Waals surface area (Å²) in [7, 11) is 0. The summed E-state index contributed by atoms with van der Waals surface area (Å²) in [5.74, 6) is -1.18. The smallest absolute Gasteiger partial charge is 0.458 e. The molecule has 0 saturated carbocycles. The highest BCUT2D eigenvalue weighted by Crippen LogP contribution is 2.41. The molecule has 2 atom stereocenters. The number of hydrogen-bond acceptors (Lipinski definition) is 13. The van der Waals surface area contributed by atoms with Crippen molar-refractivity contribution >= 4 is 39.9 Å². The van der Waals surface area contributed by atoms with Gasteiger partial charge in [-0.15, -0.1) is 0 Å². The van der Waals surface area contributed by atoms with Crippen LogP contribution in [0.3, 0.4) is 0 Å². The van der Waals surface area contributed by atoms with Gasteiger partial charge in [0, 0.05) is 33.0 Å². The number of fused-ring (bicyclic) bond motifs is 10. The van der Waals surface area contributed by atoms with E-state index in [-0.39, 0.29) is 84.0 Å². The molecule has 2 aromatic carbocycles. The normalized spacial score (nSPS) is 20.0. The van der Waals surface area contributed by atoms with E-state index in [0.29, 0.717) is 44.6 Å². The molecule has 0 amide bonds. The van der Waals surface area contributed by atoms with E-state index in [1.165, 1.54) is 0 Å². The summed E-state index contributed by atoms with van der Waals surface area (Å²) in [5, 5.41) is 23.5. The average Bonchev–Trinajstić information content (AvgIpc) is 3.74. The standard InChI is InChI=1S/C41H30N4O11/c1-3-40(51)27-13-31-33-21(15-44(31)35(46)25(27)17-53-37(40)48)9-19-11-23(5-7-29(19)42-33)55-39(50)56-24-6-8-30-20(12-24)10-22-16-45-32(34(22)43-30)14-28-26(36(45)47)18-54-38(49)41(28,52)4-2/h5-14,51-52H,3-4,15-18H2,1-2H3. The van der Waals surface area contributed by atoms with E-state index in [9.17, 15) is 34.2 Å². The van der Waals surface area contributed by atoms with E-state index in [2.05, 4.69) is 0 Å². The predicted octanol–water partition coefficient (Wildman–Crippen LogP) is 4.05. The number of aliphatic hydroxyl groups is 2. The lowest BCUT2D eigenvalue weighted by Gasteiger charge is -2.31. The van der Waals surface area contributed by atoms with E-state index in [1.54, 1.807) is 71.5 Å². The Labute approximate surface area is 315 Å². The van der Waals surface area contributed by atoms with Crippen molar-refractivity contribution in [1.29, 1.82) is 0 Å². The van der Waals surface area contributed by atoms with Crippen molar-refractivity contribution in [3.05, 3.63) is 115 Å². The Morgan fingerprint density at radius 3 is 1.52 bits per heavy atom. The van der Waals surface area contributed by atoms with Crippen molar-refractivity contribution in [2.45, 2.75) is 64.2 Å². The molecule has 4 aliphatic rings. The summed E-state index contributed by atoms with van der Waals surface area (Å²) < 4.78 is 24.5. The molecule has 4 aliphatic heterocycles. The Kier molecular flexibility index (Phi) is 7.04. The van der Waals surface area contributed by atoms with Crippen LogP contribution in [-0.4, -0.2) is 47.4 Å². The lowest BCUT2D eigenvalue weighted by atomic mass is 9.86. The van der Waals surface area contributed by atoms with Gasteiger partial charge < -0.3 is 38.3 Å². The van der Waals surface area contributed by atoms with Crippen molar-refractivity contribution in [1.82, 2.24) is 19.1 Å². The fourth-order valence-electron chi connectivity index (χ4n) is 8.27. The molecule has 0 bridgehead atoms. The van der Waals surface area contributed by atoms with Crippen molar-refractivity contribution < 1.29 is 43.5 Å². The van der Waals surface area contributed by atoms with Crippen LogP contribution in [0.2, 0.25) is 0 Å². The molecular weight excluding hydrogens is 724 g/mol. The minimum Gasteiger partial charge on any atom is -0.458 e. The third-order valence-corrected chi connectivity index (χ3v) is 11.4. The van der Waals surface area contributed by atoms with Crippen LogP contribution in [0.25, 0.3) is 44.6 Å². The van der Waals surface area contributed by atoms with E-state index in [1.807, 2.05) is 12.1 Å². The molecule has 4 aromatic heterocycles. The molecule has 8 heterocycles. The zero-order valence-corrected chi connectivity index (χ0v) is 29.9. The maximum Gasteiger partial charge on any atom is 0.519 e. The van der Waals surface area contributed by atoms with Gasteiger partial charge in [0.15, 0.2) is 11.2 Å². The monoisotopic (exact) mass is 754 g/mol. The van der Waals surface area contributed by atoms with Crippen molar-refractivity contribution in [2.75, 3.05) is 0 Å². The Hall–Kier alpha value is -6.71. The first-order chi connectivity index (χ1) is 26.9. The van der Waals surface area contributed by atoms with Gasteiger partial charge in [0.25, 0.3) is 11.1 Å². The summed E-state index contributed by atoms with van der Waals surface area (Å²) in [6, 6.07) is 16.7. The molecule has 280 valence electrons. The van der Waals surface area contributed by atoms with Crippen LogP contribution in [0, 0.1) is 0 Å². The molecule has 2 unspecified atom stereocenters. The number of carbonyl (C=O) groups excluding carboxylic acids is 3. The van der Waals surface area contributed by atoms with Crippen LogP contribution in [0.15, 0.2) is 70.3 Å². The number of ether oxygens (including phenoxy) is 4. The molecule has 0 aliphatic carbocycles. The fourth-order valence-corrected chi connectivity index (χ4v) is 8.27. The van der Waals surface area contributed by atoms with Crippen molar-refractivity contribution in [2.24, 2.45) is 0 Å². The van der Waals surface area contributed by atoms with Crippen LogP contribution < -0.4 is 20.6 Å². The largest absolute Gasteiger partial charge is 0.519 e. The van der Waals surface area contributed by atoms with Crippen molar-refractivity contribution in [3.63, 3.8) is 0 Å². The molecule has 0 saturated heterocycles. The molecular formula is C41H30N4O11. The van der Waals surface area contributed by atoms with Gasteiger partial charge in [-0.3, -0.25) is 9.59 Å². The molecule has 56 heavy (non-hydrogen) atoms. The number of benzene rings is 2. The summed E-state index contributed by atoms with van der Waals surface area (Å²) in [6.45, 7) is 3.29. The molecule has 15 heteroatoms. The first-order valence-corrected chi connectivity index (χ1v) is 18.0. The third-order valence-electron chi connectivity index (χ3n) is 11.4. The maximum atomic E-state index is 13.5. The summed E-state index contributed by atoms with van der Waals surface area (Å²) in [4.78, 5) is 74.5. The number of aromatic nitrogens is 4. The van der Waals surface area contributed by atoms with Gasteiger partial charge in [-0.25, -0.2) is 24.4 Å². The lowest BCUT2D eigenvalue weighted by molar-refractivity contribution is -0.172. The average molecular weight is 755 g/mol. The van der Waals surface area contributed by atoms with Gasteiger partial charge in [0.1, 0.15) is 24.7 Å². The molecule has 0 spiro atoms. The summed E-state index contributed by atoms with van der Waals surface area (Å²) >= 11 is 0. The number of cyclic esters (lactones) is 2. The maximum absolute atomic E-state index is 13.5. The summed E-state index contributed by atoms with van der Waals surface area (Å²) in [5.41, 5.74) is 1.03. The second-order valence-corrected chi connectivity index (χ2v) is 14.4. The number of pyridine rings is 4. The Balaban J connectivity index is 0.897. The van der Waals surface area contributed by atoms with E-state index in [4.69, 9.17) is 28.9 Å². The number of rotatable bonds is 4. The van der Waals surface area contributed by atoms with Gasteiger partial charge in [0.05, 0.1) is 58.0 Å². The first-order valence-electron chi connectivity index (χ1n) is 18.0. The van der Waals surface area contributed by atoms with Gasteiger partial charge in [-0.2, -0.15) is 0 Å². The van der Waals surface area contributed by atoms with Crippen LogP contribution in [-0.2, 0) is 56.6 Å². The molecule has 0 radical (unpaired) electrons. The zero-order chi connectivity index (χ0) is 38.8. The topological polar surface area (TPSA) is 198 Å². The SMILES string of the molecule is CCC1(O)C(=O)OCc2c1cc1n(c2=O)Cc2cc3cc(OC(=O)Oc4ccc5nc6c(cc5c4)Cn4c-6cc5c(c4=O)COC(=O)C5(O)CC)ccc3nc2-1. The highest BCUT2D eigenvalue weighted by atomic mass is 16.7. The highest BCUT2D eigenvalue weighted by Gasteiger charge is 2.46. The van der Waals surface area contributed by atoms with Crippen LogP contribution in [0.1, 0.15) is 60.1 Å². The molecule has 6 aromatic rings. The molecule has 0 fully saturated rings. The van der Waals surface area contributed by atoms with Crippen LogP contribution in [0.5, 0.6) is 11.5 Å². The van der Waals surface area contributed by atoms with Gasteiger partial charge in [-0.05, 0) is 73.5 Å². The summed E-state index contributed by atoms with van der Waals surface area (Å²) in [6.07, 6.45) is -0.903. The van der Waals surface area contributed by atoms with Gasteiger partial charge in [0.2, 0.25) is 0 Å². The van der Waals surface area contributed by atoms with Crippen LogP contribution >= 0.6 is 0 Å². The van der Waals surface area contributed by atoms with E-state index >= 15 is 0 Å². The minimum atomic E-state index is -1.92. The van der Waals surface area contributed by atoms with Crippen LogP contribution in [0.4, 0.5) is 4.79 Å². The molecule has 15 nitrogen and oxygen atoms in total. The van der Waals surface area contributed by atoms with Crippen molar-refractivity contribution in [3.8, 4) is 34.3 Å². The fraction of sp³-hybridized carbons (Fsp3) is 0.244. The molecule has 10 rings (SSSR count). The Morgan fingerprint density at radius 2 is 1.11 bits per heavy atom. The minimum absolute atomic E-state index is 0.0412. The number of carbonyl (C=O) groups is 3. The van der Waals surface area contributed by atoms with E-state index < -0.39 is 29.3 Å². The second kappa shape index (κ2) is 11.6. The Bertz CT molecular complexity index is 2750. The third kappa shape index (κ3) is 4.67. The molecule has 2 N–H and O–H groups in total. The highest BCUT2D eigenvalue weighted by molar-refractivity contribution is 5.89. The zero-order valence-electron chi connectivity index (χ0n) is 29.9. The number of esters is 2. The Morgan fingerprint density at radius 1 is 0.679 bits per heavy atom. The first kappa shape index (κ1) is 33.8. The lowest BCUT2D eigenvalue weighted by Crippen LogP contribution is -2.44. The van der Waals surface area contributed by atoms with Gasteiger partial charge >= 0.3 is 18.1 Å². The number of hydrogen-bond donors (Lipinski definition) is 2. The number of nitrogens with zero attached hydrogens (tertiary/aromatic N) is 4. The predicted molar refractivity (Wildman–Crippen MR) is 196 cm³/mol. The second-order valence-electron chi connectivity index (χ2n) is 14.4.